The number of hydrogen-bond donors (Lipinski definition) is 1. The molecular weight excluding hydrogens is 168 g/mol. The zero-order chi connectivity index (χ0) is 8.39. The molecule has 2 aromatic rings. The summed E-state index contributed by atoms with van der Waals surface area (Å²) in [4.78, 5) is 0. The van der Waals surface area contributed by atoms with Crippen LogP contribution >= 0.6 is 12.6 Å². The molecule has 0 aliphatic rings. The first-order chi connectivity index (χ1) is 5.92. The van der Waals surface area contributed by atoms with Crippen molar-refractivity contribution in [2.75, 3.05) is 0 Å². The van der Waals surface area contributed by atoms with Crippen molar-refractivity contribution < 1.29 is 0 Å². The van der Waals surface area contributed by atoms with Gasteiger partial charge in [-0.1, -0.05) is 12.6 Å². The van der Waals surface area contributed by atoms with Crippen molar-refractivity contribution in [1.82, 2.24) is 9.61 Å². The average Bonchev–Trinajstić information content (AvgIpc) is 2.50. The topological polar surface area (TPSA) is 17.3 Å². The Hall–Kier alpha value is -1.40. The van der Waals surface area contributed by atoms with Crippen molar-refractivity contribution in [2.24, 2.45) is 0 Å². The molecule has 0 aliphatic heterocycles. The van der Waals surface area contributed by atoms with Gasteiger partial charge in [0.15, 0.2) is 0 Å². The summed E-state index contributed by atoms with van der Waals surface area (Å²) in [5.74, 6) is 2.85. The zero-order valence-electron chi connectivity index (χ0n) is 6.23. The lowest BCUT2D eigenvalue weighted by Gasteiger charge is -1.91. The summed E-state index contributed by atoms with van der Waals surface area (Å²) in [5.41, 5.74) is 1.91. The summed E-state index contributed by atoms with van der Waals surface area (Å²) in [6, 6.07) is 7.77. The van der Waals surface area contributed by atoms with Crippen LogP contribution in [-0.2, 0) is 0 Å². The summed E-state index contributed by atoms with van der Waals surface area (Å²) < 4.78 is 1.78. The van der Waals surface area contributed by atoms with Crippen LogP contribution in [0.3, 0.4) is 0 Å². The molecule has 0 radical (unpaired) electrons. The van der Waals surface area contributed by atoms with Gasteiger partial charge < -0.3 is 0 Å². The number of hydrogen-bond acceptors (Lipinski definition) is 2. The Kier molecular flexibility index (Phi) is 1.77. The molecule has 0 atom stereocenters. The Morgan fingerprint density at radius 3 is 3.08 bits per heavy atom. The lowest BCUT2D eigenvalue weighted by Crippen LogP contribution is -1.91. The van der Waals surface area contributed by atoms with Crippen LogP contribution in [0.5, 0.6) is 0 Å². The lowest BCUT2D eigenvalue weighted by molar-refractivity contribution is 0.928. The summed E-state index contributed by atoms with van der Waals surface area (Å²) in [6.07, 6.45) is 1.73. The molecular formula is C9H6N2S. The summed E-state index contributed by atoms with van der Waals surface area (Å²) in [6.45, 7) is 0. The molecule has 0 N–H and O–H groups in total. The van der Waals surface area contributed by atoms with Gasteiger partial charge in [-0.3, -0.25) is 0 Å². The summed E-state index contributed by atoms with van der Waals surface area (Å²) in [7, 11) is 0. The van der Waals surface area contributed by atoms with Crippen LogP contribution in [0, 0.1) is 11.2 Å². The van der Waals surface area contributed by atoms with E-state index in [1.54, 1.807) is 10.7 Å². The van der Waals surface area contributed by atoms with Crippen LogP contribution < -0.4 is 0 Å². The lowest BCUT2D eigenvalue weighted by atomic mass is 10.4. The first kappa shape index (κ1) is 7.26. The highest BCUT2D eigenvalue weighted by atomic mass is 32.1. The van der Waals surface area contributed by atoms with E-state index in [0.29, 0.717) is 0 Å². The van der Waals surface area contributed by atoms with Gasteiger partial charge in [-0.25, -0.2) is 4.52 Å². The molecule has 0 amide bonds. The molecule has 0 fully saturated rings. The van der Waals surface area contributed by atoms with Gasteiger partial charge in [0.2, 0.25) is 0 Å². The van der Waals surface area contributed by atoms with Crippen LogP contribution in [0.15, 0.2) is 30.5 Å². The van der Waals surface area contributed by atoms with Crippen LogP contribution in [-0.4, -0.2) is 9.61 Å². The molecule has 2 nitrogen and oxygen atoms in total. The van der Waals surface area contributed by atoms with E-state index >= 15 is 0 Å². The number of thiol groups is 1. The van der Waals surface area contributed by atoms with Crippen LogP contribution in [0.4, 0.5) is 0 Å². The molecule has 0 aromatic carbocycles. The molecule has 2 rings (SSSR count). The molecule has 58 valence electrons. The highest BCUT2D eigenvalue weighted by molar-refractivity contribution is 7.85. The summed E-state index contributed by atoms with van der Waals surface area (Å²) >= 11 is 3.83. The van der Waals surface area contributed by atoms with E-state index in [1.807, 2.05) is 24.3 Å². The molecule has 0 saturated heterocycles. The normalized spacial score (nSPS) is 9.42. The van der Waals surface area contributed by atoms with Gasteiger partial charge in [-0.15, -0.1) is 0 Å². The Bertz CT molecular complexity index is 462. The maximum absolute atomic E-state index is 4.14. The number of aromatic nitrogens is 2. The van der Waals surface area contributed by atoms with E-state index in [1.165, 1.54) is 0 Å². The van der Waals surface area contributed by atoms with Gasteiger partial charge >= 0.3 is 0 Å². The average molecular weight is 174 g/mol. The Balaban J connectivity index is 2.76. The monoisotopic (exact) mass is 174 g/mol. The highest BCUT2D eigenvalue weighted by Crippen LogP contribution is 2.05. The Labute approximate surface area is 75.6 Å². The fourth-order valence-electron chi connectivity index (χ4n) is 1.10. The first-order valence-corrected chi connectivity index (χ1v) is 3.94. The third-order valence-corrected chi connectivity index (χ3v) is 1.72. The predicted octanol–water partition coefficient (Wildman–Crippen LogP) is 1.57. The molecule has 0 unspecified atom stereocenters. The van der Waals surface area contributed by atoms with Crippen LogP contribution in [0.25, 0.3) is 5.52 Å². The second-order valence-electron chi connectivity index (χ2n) is 2.32. The standard InChI is InChI=1S/C9H6N2S/c12-7-5-9-4-3-8-2-1-6-10-11(8)9/h1-4,6,12H. The second-order valence-corrected chi connectivity index (χ2v) is 2.54. The van der Waals surface area contributed by atoms with E-state index < -0.39 is 0 Å². The maximum Gasteiger partial charge on any atom is 0.116 e. The molecule has 0 spiro atoms. The van der Waals surface area contributed by atoms with E-state index in [-0.39, 0.29) is 0 Å². The zero-order valence-corrected chi connectivity index (χ0v) is 7.12. The quantitative estimate of drug-likeness (QED) is 0.474. The van der Waals surface area contributed by atoms with Crippen molar-refractivity contribution in [1.29, 1.82) is 0 Å². The van der Waals surface area contributed by atoms with Crippen molar-refractivity contribution in [3.63, 3.8) is 0 Å². The van der Waals surface area contributed by atoms with Crippen molar-refractivity contribution in [3.05, 3.63) is 36.2 Å². The third-order valence-electron chi connectivity index (χ3n) is 1.60. The third kappa shape index (κ3) is 1.06. The van der Waals surface area contributed by atoms with E-state index in [0.717, 1.165) is 11.2 Å². The molecule has 0 bridgehead atoms. The smallest absolute Gasteiger partial charge is 0.116 e. The van der Waals surface area contributed by atoms with E-state index in [9.17, 15) is 0 Å². The largest absolute Gasteiger partial charge is 0.225 e. The minimum absolute atomic E-state index is 0.862. The van der Waals surface area contributed by atoms with Crippen LogP contribution in [0.1, 0.15) is 5.69 Å². The van der Waals surface area contributed by atoms with Gasteiger partial charge in [0.05, 0.1) is 5.52 Å². The van der Waals surface area contributed by atoms with Gasteiger partial charge in [0.25, 0.3) is 0 Å². The maximum atomic E-state index is 4.14. The van der Waals surface area contributed by atoms with E-state index in [2.05, 4.69) is 28.9 Å². The van der Waals surface area contributed by atoms with Crippen LogP contribution in [0.2, 0.25) is 0 Å². The Morgan fingerprint density at radius 2 is 2.25 bits per heavy atom. The fraction of sp³-hybridized carbons (Fsp3) is 0. The molecule has 2 aromatic heterocycles. The van der Waals surface area contributed by atoms with Gasteiger partial charge in [0, 0.05) is 6.20 Å². The van der Waals surface area contributed by atoms with Gasteiger partial charge in [0.1, 0.15) is 5.69 Å². The second kappa shape index (κ2) is 2.92. The number of fused-ring (bicyclic) bond motifs is 1. The highest BCUT2D eigenvalue weighted by Gasteiger charge is 1.96. The van der Waals surface area contributed by atoms with Gasteiger partial charge in [-0.2, -0.15) is 5.10 Å². The molecule has 0 saturated carbocycles. The molecule has 3 heteroatoms. The SMILES string of the molecule is SC#Cc1ccc2cccnn12. The number of rotatable bonds is 0. The molecule has 2 heterocycles. The summed E-state index contributed by atoms with van der Waals surface area (Å²) in [5, 5.41) is 6.69. The molecule has 0 aliphatic carbocycles. The van der Waals surface area contributed by atoms with Crippen molar-refractivity contribution in [2.45, 2.75) is 0 Å². The minimum atomic E-state index is 0.862. The van der Waals surface area contributed by atoms with Crippen molar-refractivity contribution in [3.8, 4) is 11.2 Å². The van der Waals surface area contributed by atoms with Crippen molar-refractivity contribution >= 4 is 18.1 Å². The number of nitrogens with zero attached hydrogens (tertiary/aromatic N) is 2. The fourth-order valence-corrected chi connectivity index (χ4v) is 1.21. The predicted molar refractivity (Wildman–Crippen MR) is 51.1 cm³/mol. The Morgan fingerprint density at radius 1 is 1.33 bits per heavy atom. The van der Waals surface area contributed by atoms with Gasteiger partial charge in [-0.05, 0) is 35.4 Å². The molecule has 12 heavy (non-hydrogen) atoms. The minimum Gasteiger partial charge on any atom is -0.225 e. The van der Waals surface area contributed by atoms with E-state index in [4.69, 9.17) is 0 Å². The first-order valence-electron chi connectivity index (χ1n) is 3.50.